The molecule has 0 N–H and O–H groups in total. The molecule has 2 rings (SSSR count). The van der Waals surface area contributed by atoms with Gasteiger partial charge in [-0.2, -0.15) is 0 Å². The summed E-state index contributed by atoms with van der Waals surface area (Å²) in [6.45, 7) is 0. The lowest BCUT2D eigenvalue weighted by atomic mass is 10.2. The molecule has 0 fully saturated rings. The van der Waals surface area contributed by atoms with E-state index in [0.717, 1.165) is 0 Å². The van der Waals surface area contributed by atoms with Crippen molar-refractivity contribution in [3.63, 3.8) is 0 Å². The molecule has 2 nitrogen and oxygen atoms in total. The van der Waals surface area contributed by atoms with Crippen LogP contribution in [-0.2, 0) is 7.05 Å². The molecule has 0 amide bonds. The van der Waals surface area contributed by atoms with Gasteiger partial charge in [0.25, 0.3) is 0 Å². The molecule has 0 aliphatic carbocycles. The molecule has 0 saturated carbocycles. The molecule has 2 heterocycles. The molecule has 0 atom stereocenters. The fraction of sp³-hybridized carbons (Fsp3) is 0.154. The molecule has 0 aromatic carbocycles. The van der Waals surface area contributed by atoms with Gasteiger partial charge in [-0.3, -0.25) is 0 Å². The van der Waals surface area contributed by atoms with Crippen LogP contribution in [0.2, 0.25) is 0 Å². The minimum atomic E-state index is 0. The van der Waals surface area contributed by atoms with Crippen molar-refractivity contribution in [3.05, 3.63) is 60.2 Å². The van der Waals surface area contributed by atoms with Gasteiger partial charge in [0.15, 0.2) is 12.4 Å². The lowest BCUT2D eigenvalue weighted by Crippen LogP contribution is -3.00. The first kappa shape index (κ1) is 13.0. The van der Waals surface area contributed by atoms with Crippen LogP contribution in [0.1, 0.15) is 5.56 Å². The van der Waals surface area contributed by atoms with Crippen LogP contribution in [0.3, 0.4) is 0 Å². The molecule has 3 heteroatoms. The molecule has 1 aromatic heterocycles. The van der Waals surface area contributed by atoms with Gasteiger partial charge in [0, 0.05) is 31.1 Å². The second-order valence-corrected chi connectivity index (χ2v) is 3.68. The van der Waals surface area contributed by atoms with Crippen LogP contribution >= 0.6 is 0 Å². The molecular weight excluding hydrogens is 311 g/mol. The van der Waals surface area contributed by atoms with E-state index in [1.165, 1.54) is 11.3 Å². The maximum absolute atomic E-state index is 2.17. The number of nitrogens with zero attached hydrogens (tertiary/aromatic N) is 2. The Kier molecular flexibility index (Phi) is 4.73. The molecule has 0 saturated heterocycles. The third kappa shape index (κ3) is 3.20. The number of pyridine rings is 1. The zero-order valence-corrected chi connectivity index (χ0v) is 11.6. The van der Waals surface area contributed by atoms with Gasteiger partial charge in [-0.25, -0.2) is 4.57 Å². The van der Waals surface area contributed by atoms with Crippen molar-refractivity contribution in [2.24, 2.45) is 7.05 Å². The Morgan fingerprint density at radius 3 is 2.50 bits per heavy atom. The molecule has 0 spiro atoms. The highest BCUT2D eigenvalue weighted by atomic mass is 127. The molecule has 0 unspecified atom stereocenters. The second-order valence-electron chi connectivity index (χ2n) is 3.68. The summed E-state index contributed by atoms with van der Waals surface area (Å²) >= 11 is 0. The first-order chi connectivity index (χ1) is 7.25. The maximum Gasteiger partial charge on any atom is 0.169 e. The third-order valence-corrected chi connectivity index (χ3v) is 2.41. The Morgan fingerprint density at radius 1 is 1.19 bits per heavy atom. The van der Waals surface area contributed by atoms with Crippen molar-refractivity contribution in [2.45, 2.75) is 0 Å². The highest BCUT2D eigenvalue weighted by molar-refractivity contribution is 5.55. The van der Waals surface area contributed by atoms with Gasteiger partial charge in [-0.05, 0) is 23.8 Å². The average Bonchev–Trinajstić information content (AvgIpc) is 2.25. The van der Waals surface area contributed by atoms with Crippen LogP contribution in [0, 0.1) is 0 Å². The monoisotopic (exact) mass is 326 g/mol. The third-order valence-electron chi connectivity index (χ3n) is 2.41. The van der Waals surface area contributed by atoms with E-state index in [4.69, 9.17) is 0 Å². The normalized spacial score (nSPS) is 16.4. The van der Waals surface area contributed by atoms with Gasteiger partial charge < -0.3 is 28.9 Å². The average molecular weight is 326 g/mol. The molecule has 84 valence electrons. The summed E-state index contributed by atoms with van der Waals surface area (Å²) in [5.41, 5.74) is 2.42. The number of likely N-dealkylation sites (N-methyl/N-ethyl adjacent to an activating group) is 1. The van der Waals surface area contributed by atoms with E-state index in [1.807, 2.05) is 17.7 Å². The topological polar surface area (TPSA) is 7.12 Å². The number of hydrogen-bond acceptors (Lipinski definition) is 1. The molecule has 16 heavy (non-hydrogen) atoms. The first-order valence-corrected chi connectivity index (χ1v) is 5.00. The summed E-state index contributed by atoms with van der Waals surface area (Å²) in [4.78, 5) is 2.10. The Morgan fingerprint density at radius 2 is 1.88 bits per heavy atom. The minimum Gasteiger partial charge on any atom is -1.00 e. The van der Waals surface area contributed by atoms with Gasteiger partial charge in [-0.15, -0.1) is 0 Å². The predicted molar refractivity (Wildman–Crippen MR) is 61.6 cm³/mol. The van der Waals surface area contributed by atoms with E-state index in [1.54, 1.807) is 0 Å². The minimum absolute atomic E-state index is 0. The van der Waals surface area contributed by atoms with Gasteiger partial charge in [0.2, 0.25) is 0 Å². The van der Waals surface area contributed by atoms with Crippen molar-refractivity contribution in [2.75, 3.05) is 7.05 Å². The van der Waals surface area contributed by atoms with Crippen LogP contribution in [0.5, 0.6) is 0 Å². The maximum atomic E-state index is 2.17. The molecule has 1 aliphatic heterocycles. The second kappa shape index (κ2) is 5.84. The molecular formula is C13H15IN2. The van der Waals surface area contributed by atoms with Crippen LogP contribution in [0.25, 0.3) is 6.08 Å². The van der Waals surface area contributed by atoms with Crippen LogP contribution in [0.4, 0.5) is 0 Å². The van der Waals surface area contributed by atoms with Crippen molar-refractivity contribution in [1.82, 2.24) is 4.90 Å². The van der Waals surface area contributed by atoms with Crippen LogP contribution in [-0.4, -0.2) is 11.9 Å². The van der Waals surface area contributed by atoms with Crippen molar-refractivity contribution in [1.29, 1.82) is 0 Å². The zero-order chi connectivity index (χ0) is 10.7. The highest BCUT2D eigenvalue weighted by Crippen LogP contribution is 2.13. The van der Waals surface area contributed by atoms with Crippen LogP contribution in [0.15, 0.2) is 54.7 Å². The Balaban J connectivity index is 0.00000128. The van der Waals surface area contributed by atoms with E-state index in [2.05, 4.69) is 60.9 Å². The lowest BCUT2D eigenvalue weighted by molar-refractivity contribution is -0.671. The van der Waals surface area contributed by atoms with E-state index in [9.17, 15) is 0 Å². The summed E-state index contributed by atoms with van der Waals surface area (Å²) in [5.74, 6) is 0. The zero-order valence-electron chi connectivity index (χ0n) is 9.47. The summed E-state index contributed by atoms with van der Waals surface area (Å²) in [5, 5.41) is 0. The summed E-state index contributed by atoms with van der Waals surface area (Å²) in [6, 6.07) is 4.21. The predicted octanol–water partition coefficient (Wildman–Crippen LogP) is -1.13. The van der Waals surface area contributed by atoms with Gasteiger partial charge in [-0.1, -0.05) is 6.08 Å². The first-order valence-electron chi connectivity index (χ1n) is 5.00. The molecule has 0 radical (unpaired) electrons. The fourth-order valence-electron chi connectivity index (χ4n) is 1.47. The largest absolute Gasteiger partial charge is 1.00 e. The smallest absolute Gasteiger partial charge is 0.169 e. The quantitative estimate of drug-likeness (QED) is 0.468. The standard InChI is InChI=1S/C13H15N2.HI/c1-14-9-6-12(7-10-14)11-13-5-3-4-8-15(13)2;/h3-11H,1-2H3;1H/q+1;/p-1. The van der Waals surface area contributed by atoms with Crippen molar-refractivity contribution < 1.29 is 28.5 Å². The number of aromatic nitrogens is 1. The number of allylic oxidation sites excluding steroid dienone is 3. The number of halogens is 1. The number of rotatable bonds is 1. The Labute approximate surface area is 114 Å². The van der Waals surface area contributed by atoms with Gasteiger partial charge in [0.05, 0.1) is 0 Å². The summed E-state index contributed by atoms with van der Waals surface area (Å²) < 4.78 is 2.03. The summed E-state index contributed by atoms with van der Waals surface area (Å²) in [7, 11) is 4.07. The van der Waals surface area contributed by atoms with Crippen molar-refractivity contribution in [3.8, 4) is 0 Å². The molecule has 1 aliphatic rings. The molecule has 0 bridgehead atoms. The molecule has 1 aromatic rings. The van der Waals surface area contributed by atoms with Crippen molar-refractivity contribution >= 4 is 6.08 Å². The van der Waals surface area contributed by atoms with Gasteiger partial charge in [0.1, 0.15) is 7.05 Å². The lowest BCUT2D eigenvalue weighted by Gasteiger charge is -2.17. The Bertz CT molecular complexity index is 430. The number of aryl methyl sites for hydroxylation is 1. The Hall–Kier alpha value is -1.10. The van der Waals surface area contributed by atoms with Crippen LogP contribution < -0.4 is 28.5 Å². The van der Waals surface area contributed by atoms with E-state index in [0.29, 0.717) is 0 Å². The highest BCUT2D eigenvalue weighted by Gasteiger charge is 2.01. The SMILES string of the molecule is CN1C=CC=C/C1=C\c1cc[n+](C)cc1.[I-]. The summed E-state index contributed by atoms with van der Waals surface area (Å²) in [6.07, 6.45) is 14.5. The van der Waals surface area contributed by atoms with E-state index < -0.39 is 0 Å². The van der Waals surface area contributed by atoms with E-state index >= 15 is 0 Å². The van der Waals surface area contributed by atoms with Gasteiger partial charge >= 0.3 is 0 Å². The fourth-order valence-corrected chi connectivity index (χ4v) is 1.47. The number of hydrogen-bond donors (Lipinski definition) is 0. The van der Waals surface area contributed by atoms with E-state index in [-0.39, 0.29) is 24.0 Å².